The number of nitrogens with zero attached hydrogens (tertiary/aromatic N) is 1. The number of sulfone groups is 1. The van der Waals surface area contributed by atoms with Gasteiger partial charge in [-0.05, 0) is 25.5 Å². The average Bonchev–Trinajstić information content (AvgIpc) is 2.76. The molecule has 0 bridgehead atoms. The Balaban J connectivity index is 1.58. The molecule has 2 saturated heterocycles. The Bertz CT molecular complexity index is 707. The zero-order chi connectivity index (χ0) is 17.4. The second-order valence-corrected chi connectivity index (χ2v) is 9.13. The van der Waals surface area contributed by atoms with Crippen LogP contribution in [0.15, 0.2) is 24.3 Å². The lowest BCUT2D eigenvalue weighted by Gasteiger charge is -2.49. The number of benzene rings is 1. The highest BCUT2D eigenvalue weighted by Crippen LogP contribution is 2.44. The molecule has 0 aliphatic carbocycles. The Hall–Kier alpha value is -1.60. The normalized spacial score (nSPS) is 23.9. The van der Waals surface area contributed by atoms with Crippen molar-refractivity contribution >= 4 is 15.7 Å². The van der Waals surface area contributed by atoms with Crippen molar-refractivity contribution in [2.24, 2.45) is 5.92 Å². The summed E-state index contributed by atoms with van der Waals surface area (Å²) < 4.78 is 34.7. The Morgan fingerprint density at radius 1 is 1.29 bits per heavy atom. The molecule has 0 saturated carbocycles. The van der Waals surface area contributed by atoms with Crippen LogP contribution < -0.4 is 4.74 Å². The summed E-state index contributed by atoms with van der Waals surface area (Å²) >= 11 is 0. The Labute approximate surface area is 142 Å². The lowest BCUT2D eigenvalue weighted by Crippen LogP contribution is -2.69. The van der Waals surface area contributed by atoms with Gasteiger partial charge in [0.25, 0.3) is 5.91 Å². The van der Waals surface area contributed by atoms with Crippen LogP contribution in [-0.4, -0.2) is 63.1 Å². The van der Waals surface area contributed by atoms with Crippen molar-refractivity contribution in [3.63, 3.8) is 0 Å². The number of hydrogen-bond acceptors (Lipinski definition) is 5. The Morgan fingerprint density at radius 3 is 2.58 bits per heavy atom. The van der Waals surface area contributed by atoms with E-state index >= 15 is 0 Å². The van der Waals surface area contributed by atoms with E-state index in [2.05, 4.69) is 0 Å². The summed E-state index contributed by atoms with van der Waals surface area (Å²) in [6, 6.07) is 7.46. The van der Waals surface area contributed by atoms with Crippen LogP contribution in [0.5, 0.6) is 5.75 Å². The minimum Gasteiger partial charge on any atom is -0.484 e. The van der Waals surface area contributed by atoms with Crippen molar-refractivity contribution in [2.45, 2.75) is 18.1 Å². The maximum atomic E-state index is 12.4. The first-order valence-corrected chi connectivity index (χ1v) is 9.72. The standard InChI is InChI=1S/C17H23NO5S/c1-13-3-5-15(6-4-13)23-10-16(19)18-11-17(12-18)14(9-22-2)7-8-24(17,20)21/h3-6,14H,7-12H2,1-2H3. The van der Waals surface area contributed by atoms with Gasteiger partial charge in [0.2, 0.25) is 0 Å². The van der Waals surface area contributed by atoms with Crippen LogP contribution in [0.1, 0.15) is 12.0 Å². The van der Waals surface area contributed by atoms with Crippen molar-refractivity contribution in [1.29, 1.82) is 0 Å². The van der Waals surface area contributed by atoms with Crippen molar-refractivity contribution < 1.29 is 22.7 Å². The number of amides is 1. The molecule has 24 heavy (non-hydrogen) atoms. The molecule has 1 unspecified atom stereocenters. The summed E-state index contributed by atoms with van der Waals surface area (Å²) in [5.74, 6) is 0.604. The third-order valence-electron chi connectivity index (χ3n) is 5.12. The van der Waals surface area contributed by atoms with E-state index in [4.69, 9.17) is 9.47 Å². The highest BCUT2D eigenvalue weighted by Gasteiger charge is 2.62. The zero-order valence-electron chi connectivity index (χ0n) is 14.0. The molecule has 1 aromatic carbocycles. The van der Waals surface area contributed by atoms with Crippen LogP contribution in [0.2, 0.25) is 0 Å². The lowest BCUT2D eigenvalue weighted by molar-refractivity contribution is -0.140. The summed E-state index contributed by atoms with van der Waals surface area (Å²) in [5.41, 5.74) is 1.12. The summed E-state index contributed by atoms with van der Waals surface area (Å²) in [7, 11) is -1.60. The number of carbonyl (C=O) groups is 1. The van der Waals surface area contributed by atoms with E-state index < -0.39 is 14.6 Å². The fraction of sp³-hybridized carbons (Fsp3) is 0.588. The number of rotatable bonds is 5. The van der Waals surface area contributed by atoms with Crippen molar-refractivity contribution in [3.05, 3.63) is 29.8 Å². The van der Waals surface area contributed by atoms with E-state index in [9.17, 15) is 13.2 Å². The first kappa shape index (κ1) is 17.2. The van der Waals surface area contributed by atoms with Crippen LogP contribution in [0.25, 0.3) is 0 Å². The minimum absolute atomic E-state index is 0.0328. The van der Waals surface area contributed by atoms with Gasteiger partial charge in [0.15, 0.2) is 16.4 Å². The van der Waals surface area contributed by atoms with E-state index in [0.29, 0.717) is 18.8 Å². The quantitative estimate of drug-likeness (QED) is 0.791. The topological polar surface area (TPSA) is 72.9 Å². The first-order valence-electron chi connectivity index (χ1n) is 8.06. The number of aryl methyl sites for hydroxylation is 1. The maximum absolute atomic E-state index is 12.4. The number of methoxy groups -OCH3 is 1. The molecule has 132 valence electrons. The predicted molar refractivity (Wildman–Crippen MR) is 89.8 cm³/mol. The second-order valence-electron chi connectivity index (χ2n) is 6.68. The molecule has 1 amide bonds. The van der Waals surface area contributed by atoms with Gasteiger partial charge >= 0.3 is 0 Å². The van der Waals surface area contributed by atoms with Crippen LogP contribution in [0, 0.1) is 12.8 Å². The summed E-state index contributed by atoms with van der Waals surface area (Å²) in [5, 5.41) is 0. The fourth-order valence-electron chi connectivity index (χ4n) is 3.56. The van der Waals surface area contributed by atoms with Gasteiger partial charge in [-0.2, -0.15) is 0 Å². The number of likely N-dealkylation sites (tertiary alicyclic amines) is 1. The second kappa shape index (κ2) is 6.37. The molecular weight excluding hydrogens is 330 g/mol. The van der Waals surface area contributed by atoms with Gasteiger partial charge in [0.05, 0.1) is 12.4 Å². The predicted octanol–water partition coefficient (Wildman–Crippen LogP) is 1.04. The summed E-state index contributed by atoms with van der Waals surface area (Å²) in [4.78, 5) is 13.8. The van der Waals surface area contributed by atoms with Gasteiger partial charge in [-0.25, -0.2) is 8.42 Å². The minimum atomic E-state index is -3.17. The number of ether oxygens (including phenoxy) is 2. The van der Waals surface area contributed by atoms with E-state index in [1.807, 2.05) is 31.2 Å². The molecule has 2 aliphatic heterocycles. The molecule has 7 heteroatoms. The summed E-state index contributed by atoms with van der Waals surface area (Å²) in [6.45, 7) is 2.82. The van der Waals surface area contributed by atoms with Gasteiger partial charge in [-0.3, -0.25) is 4.79 Å². The molecule has 1 spiro atoms. The molecule has 2 aliphatic rings. The molecule has 1 atom stereocenters. The van der Waals surface area contributed by atoms with Crippen LogP contribution in [0.3, 0.4) is 0 Å². The summed E-state index contributed by atoms with van der Waals surface area (Å²) in [6.07, 6.45) is 0.609. The van der Waals surface area contributed by atoms with Crippen LogP contribution in [-0.2, 0) is 19.4 Å². The first-order chi connectivity index (χ1) is 11.4. The lowest BCUT2D eigenvalue weighted by atomic mass is 9.83. The van der Waals surface area contributed by atoms with E-state index in [0.717, 1.165) is 5.56 Å². The van der Waals surface area contributed by atoms with Gasteiger partial charge in [-0.1, -0.05) is 17.7 Å². The van der Waals surface area contributed by atoms with Crippen molar-refractivity contribution in [3.8, 4) is 5.75 Å². The maximum Gasteiger partial charge on any atom is 0.260 e. The fourth-order valence-corrected chi connectivity index (χ4v) is 5.96. The van der Waals surface area contributed by atoms with E-state index in [1.165, 1.54) is 0 Å². The highest BCUT2D eigenvalue weighted by molar-refractivity contribution is 7.93. The van der Waals surface area contributed by atoms with Crippen molar-refractivity contribution in [2.75, 3.05) is 39.2 Å². The average molecular weight is 353 g/mol. The van der Waals surface area contributed by atoms with Gasteiger partial charge < -0.3 is 14.4 Å². The molecule has 6 nitrogen and oxygen atoms in total. The molecule has 0 N–H and O–H groups in total. The van der Waals surface area contributed by atoms with Gasteiger partial charge in [0, 0.05) is 26.1 Å². The number of hydrogen-bond donors (Lipinski definition) is 0. The monoisotopic (exact) mass is 353 g/mol. The Morgan fingerprint density at radius 2 is 1.96 bits per heavy atom. The molecule has 2 heterocycles. The highest BCUT2D eigenvalue weighted by atomic mass is 32.2. The third kappa shape index (κ3) is 2.91. The molecule has 1 aromatic rings. The van der Waals surface area contributed by atoms with Gasteiger partial charge in [-0.15, -0.1) is 0 Å². The molecular formula is C17H23NO5S. The van der Waals surface area contributed by atoms with Gasteiger partial charge in [0.1, 0.15) is 10.5 Å². The largest absolute Gasteiger partial charge is 0.484 e. The van der Waals surface area contributed by atoms with E-state index in [1.54, 1.807) is 12.0 Å². The molecule has 0 aromatic heterocycles. The third-order valence-corrected chi connectivity index (χ3v) is 7.72. The van der Waals surface area contributed by atoms with Crippen LogP contribution >= 0.6 is 0 Å². The van der Waals surface area contributed by atoms with Crippen LogP contribution in [0.4, 0.5) is 0 Å². The molecule has 2 fully saturated rings. The molecule has 3 rings (SSSR count). The smallest absolute Gasteiger partial charge is 0.260 e. The van der Waals surface area contributed by atoms with E-state index in [-0.39, 0.29) is 37.3 Å². The SMILES string of the molecule is COCC1CCS(=O)(=O)C12CN(C(=O)COc1ccc(C)cc1)C2. The zero-order valence-corrected chi connectivity index (χ0v) is 14.8. The Kier molecular flexibility index (Phi) is 4.57. The number of carbonyl (C=O) groups excluding carboxylic acids is 1. The van der Waals surface area contributed by atoms with Crippen molar-refractivity contribution in [1.82, 2.24) is 4.90 Å². The molecule has 0 radical (unpaired) electrons.